The summed E-state index contributed by atoms with van der Waals surface area (Å²) in [6.45, 7) is 3.69. The number of halogens is 1. The Labute approximate surface area is 140 Å². The predicted molar refractivity (Wildman–Crippen MR) is 93.5 cm³/mol. The van der Waals surface area contributed by atoms with Gasteiger partial charge in [-0.25, -0.2) is 4.39 Å². The molecule has 3 rings (SSSR count). The summed E-state index contributed by atoms with van der Waals surface area (Å²) >= 11 is 0. The first kappa shape index (κ1) is 15.9. The smallest absolute Gasteiger partial charge is 0.257 e. The highest BCUT2D eigenvalue weighted by atomic mass is 19.1. The summed E-state index contributed by atoms with van der Waals surface area (Å²) < 4.78 is 13.5. The van der Waals surface area contributed by atoms with Gasteiger partial charge < -0.3 is 5.32 Å². The first-order valence-corrected chi connectivity index (χ1v) is 7.64. The third kappa shape index (κ3) is 3.33. The zero-order valence-electron chi connectivity index (χ0n) is 13.5. The predicted octanol–water partition coefficient (Wildman–Crippen LogP) is 4.76. The van der Waals surface area contributed by atoms with E-state index in [1.165, 1.54) is 12.3 Å². The normalized spacial score (nSPS) is 10.5. The average Bonchev–Trinajstić information content (AvgIpc) is 2.59. The van der Waals surface area contributed by atoms with Crippen molar-refractivity contribution >= 4 is 11.6 Å². The van der Waals surface area contributed by atoms with Crippen LogP contribution in [0, 0.1) is 19.7 Å². The van der Waals surface area contributed by atoms with Gasteiger partial charge in [-0.1, -0.05) is 30.3 Å². The minimum Gasteiger partial charge on any atom is -0.322 e. The number of benzene rings is 2. The molecule has 0 spiro atoms. The molecule has 0 fully saturated rings. The molecule has 0 atom stereocenters. The quantitative estimate of drug-likeness (QED) is 0.756. The lowest BCUT2D eigenvalue weighted by atomic mass is 10.0. The van der Waals surface area contributed by atoms with Crippen LogP contribution in [0.3, 0.4) is 0 Å². The van der Waals surface area contributed by atoms with E-state index in [0.717, 1.165) is 16.8 Å². The lowest BCUT2D eigenvalue weighted by molar-refractivity contribution is 0.102. The van der Waals surface area contributed by atoms with E-state index < -0.39 is 0 Å². The average molecular weight is 320 g/mol. The van der Waals surface area contributed by atoms with Crippen LogP contribution in [0.1, 0.15) is 21.5 Å². The van der Waals surface area contributed by atoms with Gasteiger partial charge in [0, 0.05) is 17.4 Å². The summed E-state index contributed by atoms with van der Waals surface area (Å²) in [6.07, 6.45) is 1.53. The Morgan fingerprint density at radius 2 is 1.79 bits per heavy atom. The van der Waals surface area contributed by atoms with Crippen molar-refractivity contribution in [3.8, 4) is 11.3 Å². The second-order valence-corrected chi connectivity index (χ2v) is 5.67. The number of aromatic nitrogens is 1. The second kappa shape index (κ2) is 6.62. The van der Waals surface area contributed by atoms with Gasteiger partial charge in [-0.15, -0.1) is 0 Å². The van der Waals surface area contributed by atoms with Crippen LogP contribution in [0.25, 0.3) is 11.3 Å². The second-order valence-electron chi connectivity index (χ2n) is 5.67. The minimum atomic E-state index is -0.346. The Bertz CT molecular complexity index is 888. The molecule has 0 saturated carbocycles. The first-order valence-electron chi connectivity index (χ1n) is 7.64. The van der Waals surface area contributed by atoms with Crippen LogP contribution in [0.15, 0.2) is 60.8 Å². The van der Waals surface area contributed by atoms with Crippen molar-refractivity contribution in [2.75, 3.05) is 5.32 Å². The number of hydrogen-bond acceptors (Lipinski definition) is 2. The van der Waals surface area contributed by atoms with Crippen molar-refractivity contribution in [1.29, 1.82) is 0 Å². The van der Waals surface area contributed by atoms with Gasteiger partial charge >= 0.3 is 0 Å². The van der Waals surface area contributed by atoms with Gasteiger partial charge in [-0.05, 0) is 49.2 Å². The van der Waals surface area contributed by atoms with Crippen LogP contribution < -0.4 is 5.32 Å². The summed E-state index contributed by atoms with van der Waals surface area (Å²) in [5.74, 6) is -0.664. The summed E-state index contributed by atoms with van der Waals surface area (Å²) in [5, 5.41) is 2.68. The van der Waals surface area contributed by atoms with Crippen LogP contribution in [0.5, 0.6) is 0 Å². The maximum absolute atomic E-state index is 13.5. The molecule has 3 nitrogen and oxygen atoms in total. The molecule has 1 aromatic heterocycles. The highest BCUT2D eigenvalue weighted by molar-refractivity contribution is 6.04. The molecule has 2 aromatic carbocycles. The van der Waals surface area contributed by atoms with E-state index in [9.17, 15) is 9.18 Å². The Morgan fingerprint density at radius 1 is 1.00 bits per heavy atom. The van der Waals surface area contributed by atoms with Crippen LogP contribution in [-0.4, -0.2) is 10.9 Å². The number of nitrogens with one attached hydrogen (secondary N) is 1. The van der Waals surface area contributed by atoms with Gasteiger partial charge in [0.2, 0.25) is 0 Å². The zero-order valence-corrected chi connectivity index (χ0v) is 13.5. The largest absolute Gasteiger partial charge is 0.322 e. The monoisotopic (exact) mass is 320 g/mol. The van der Waals surface area contributed by atoms with E-state index in [2.05, 4.69) is 10.3 Å². The Morgan fingerprint density at radius 3 is 2.46 bits per heavy atom. The molecule has 1 heterocycles. The molecule has 0 aliphatic carbocycles. The molecule has 0 aliphatic rings. The van der Waals surface area contributed by atoms with Crippen molar-refractivity contribution in [2.45, 2.75) is 13.8 Å². The van der Waals surface area contributed by atoms with Crippen LogP contribution in [-0.2, 0) is 0 Å². The van der Waals surface area contributed by atoms with Crippen molar-refractivity contribution < 1.29 is 9.18 Å². The number of amides is 1. The maximum Gasteiger partial charge on any atom is 0.257 e. The number of aryl methyl sites for hydroxylation is 2. The molecular formula is C20H17FN2O. The van der Waals surface area contributed by atoms with Crippen LogP contribution in [0.4, 0.5) is 10.1 Å². The fourth-order valence-electron chi connectivity index (χ4n) is 2.42. The standard InChI is InChI=1S/C20H17FN2O/c1-13-5-3-4-6-17(13)19-10-8-15(12-22-19)20(24)23-16-9-7-14(2)18(21)11-16/h3-12H,1-2H3,(H,23,24). The molecule has 3 aromatic rings. The molecule has 0 bridgehead atoms. The van der Waals surface area contributed by atoms with Crippen molar-refractivity contribution in [1.82, 2.24) is 4.98 Å². The van der Waals surface area contributed by atoms with E-state index in [0.29, 0.717) is 16.8 Å². The van der Waals surface area contributed by atoms with E-state index >= 15 is 0 Å². The fourth-order valence-corrected chi connectivity index (χ4v) is 2.42. The Balaban J connectivity index is 1.79. The van der Waals surface area contributed by atoms with E-state index in [4.69, 9.17) is 0 Å². The Hall–Kier alpha value is -3.01. The SMILES string of the molecule is Cc1ccc(NC(=O)c2ccc(-c3ccccc3C)nc2)cc1F. The van der Waals surface area contributed by atoms with Crippen molar-refractivity contribution in [3.63, 3.8) is 0 Å². The summed E-state index contributed by atoms with van der Waals surface area (Å²) in [6, 6.07) is 16.1. The number of rotatable bonds is 3. The first-order chi connectivity index (χ1) is 11.5. The molecule has 4 heteroatoms. The number of carbonyl (C=O) groups excluding carboxylic acids is 1. The van der Waals surface area contributed by atoms with Gasteiger partial charge in [0.15, 0.2) is 0 Å². The number of anilines is 1. The number of pyridine rings is 1. The highest BCUT2D eigenvalue weighted by Crippen LogP contribution is 2.21. The van der Waals surface area contributed by atoms with Gasteiger partial charge in [0.1, 0.15) is 5.82 Å². The van der Waals surface area contributed by atoms with Crippen molar-refractivity contribution in [2.24, 2.45) is 0 Å². The van der Waals surface area contributed by atoms with Gasteiger partial charge in [-0.2, -0.15) is 0 Å². The topological polar surface area (TPSA) is 42.0 Å². The lowest BCUT2D eigenvalue weighted by Crippen LogP contribution is -2.12. The van der Waals surface area contributed by atoms with E-state index in [1.807, 2.05) is 37.3 Å². The molecule has 1 N–H and O–H groups in total. The number of nitrogens with zero attached hydrogens (tertiary/aromatic N) is 1. The number of carbonyl (C=O) groups is 1. The van der Waals surface area contributed by atoms with Gasteiger partial charge in [0.05, 0.1) is 11.3 Å². The van der Waals surface area contributed by atoms with Crippen LogP contribution in [0.2, 0.25) is 0 Å². The van der Waals surface area contributed by atoms with Gasteiger partial charge in [-0.3, -0.25) is 9.78 Å². The summed E-state index contributed by atoms with van der Waals surface area (Å²) in [7, 11) is 0. The Kier molecular flexibility index (Phi) is 4.38. The summed E-state index contributed by atoms with van der Waals surface area (Å²) in [4.78, 5) is 16.6. The fraction of sp³-hybridized carbons (Fsp3) is 0.100. The lowest BCUT2D eigenvalue weighted by Gasteiger charge is -2.08. The van der Waals surface area contributed by atoms with Gasteiger partial charge in [0.25, 0.3) is 5.91 Å². The third-order valence-corrected chi connectivity index (χ3v) is 3.88. The molecule has 0 radical (unpaired) electrons. The molecule has 0 unspecified atom stereocenters. The molecular weight excluding hydrogens is 303 g/mol. The molecule has 1 amide bonds. The minimum absolute atomic E-state index is 0.318. The molecule has 0 aliphatic heterocycles. The highest BCUT2D eigenvalue weighted by Gasteiger charge is 2.09. The van der Waals surface area contributed by atoms with Crippen molar-refractivity contribution in [3.05, 3.63) is 83.3 Å². The van der Waals surface area contributed by atoms with E-state index in [1.54, 1.807) is 25.1 Å². The molecule has 24 heavy (non-hydrogen) atoms. The third-order valence-electron chi connectivity index (χ3n) is 3.88. The maximum atomic E-state index is 13.5. The zero-order chi connectivity index (χ0) is 17.1. The molecule has 0 saturated heterocycles. The molecule has 120 valence electrons. The van der Waals surface area contributed by atoms with Crippen LogP contribution >= 0.6 is 0 Å². The summed E-state index contributed by atoms with van der Waals surface area (Å²) in [5.41, 5.74) is 4.35. The van der Waals surface area contributed by atoms with E-state index in [-0.39, 0.29) is 11.7 Å². The number of hydrogen-bond donors (Lipinski definition) is 1.